The maximum absolute atomic E-state index is 12.5. The van der Waals surface area contributed by atoms with E-state index in [0.29, 0.717) is 38.1 Å². The summed E-state index contributed by atoms with van der Waals surface area (Å²) in [5.74, 6) is 0.318. The highest BCUT2D eigenvalue weighted by atomic mass is 35.5. The van der Waals surface area contributed by atoms with E-state index in [0.717, 1.165) is 11.5 Å². The summed E-state index contributed by atoms with van der Waals surface area (Å²) in [6.07, 6.45) is 3.38. The van der Waals surface area contributed by atoms with Crippen molar-refractivity contribution in [3.05, 3.63) is 35.4 Å². The minimum absolute atomic E-state index is 0.0386. The third kappa shape index (κ3) is 3.14. The second-order valence-electron chi connectivity index (χ2n) is 6.36. The van der Waals surface area contributed by atoms with Crippen molar-refractivity contribution < 1.29 is 19.1 Å². The molecule has 3 aliphatic heterocycles. The molecule has 0 bridgehead atoms. The molecule has 3 aliphatic rings. The summed E-state index contributed by atoms with van der Waals surface area (Å²) >= 11 is 5.71. The SMILES string of the molecule is O=C1N=C(CC(=O)N2CCC3(CC2)Oc2ccccc2O3)CC=C1Cl. The molecular weight excluding hydrogens is 344 g/mol. The first-order chi connectivity index (χ1) is 12.0. The van der Waals surface area contributed by atoms with Crippen molar-refractivity contribution in [2.75, 3.05) is 13.1 Å². The first kappa shape index (κ1) is 16.1. The Hall–Kier alpha value is -2.34. The van der Waals surface area contributed by atoms with Gasteiger partial charge in [-0.05, 0) is 12.1 Å². The third-order valence-corrected chi connectivity index (χ3v) is 4.97. The highest BCUT2D eigenvalue weighted by molar-refractivity contribution is 6.43. The Bertz CT molecular complexity index is 767. The molecule has 1 fully saturated rings. The van der Waals surface area contributed by atoms with Crippen LogP contribution in [0.4, 0.5) is 0 Å². The number of carbonyl (C=O) groups excluding carboxylic acids is 2. The van der Waals surface area contributed by atoms with E-state index in [-0.39, 0.29) is 17.4 Å². The molecule has 0 N–H and O–H groups in total. The molecule has 1 spiro atoms. The Morgan fingerprint density at radius 3 is 2.44 bits per heavy atom. The minimum atomic E-state index is -0.672. The molecule has 3 heterocycles. The number of likely N-dealkylation sites (tertiary alicyclic amines) is 1. The summed E-state index contributed by atoms with van der Waals surface area (Å²) in [4.78, 5) is 29.6. The lowest BCUT2D eigenvalue weighted by Gasteiger charge is -2.37. The van der Waals surface area contributed by atoms with Gasteiger partial charge in [0.05, 0.1) is 6.42 Å². The molecule has 1 saturated heterocycles. The van der Waals surface area contributed by atoms with Gasteiger partial charge in [0, 0.05) is 38.1 Å². The zero-order valence-corrected chi connectivity index (χ0v) is 14.3. The number of halogens is 1. The number of ether oxygens (including phenoxy) is 2. The molecule has 4 rings (SSSR count). The monoisotopic (exact) mass is 360 g/mol. The minimum Gasteiger partial charge on any atom is -0.448 e. The highest BCUT2D eigenvalue weighted by Gasteiger charge is 2.44. The van der Waals surface area contributed by atoms with E-state index in [1.165, 1.54) is 0 Å². The van der Waals surface area contributed by atoms with E-state index in [9.17, 15) is 9.59 Å². The molecule has 1 aromatic carbocycles. The van der Waals surface area contributed by atoms with E-state index in [1.807, 2.05) is 24.3 Å². The number of carbonyl (C=O) groups is 2. The molecule has 2 amide bonds. The summed E-state index contributed by atoms with van der Waals surface area (Å²) in [6.45, 7) is 1.09. The number of dihydropyridines is 1. The van der Waals surface area contributed by atoms with Crippen molar-refractivity contribution in [1.82, 2.24) is 4.90 Å². The molecule has 25 heavy (non-hydrogen) atoms. The van der Waals surface area contributed by atoms with Crippen LogP contribution in [0.5, 0.6) is 11.5 Å². The summed E-state index contributed by atoms with van der Waals surface area (Å²) in [7, 11) is 0. The predicted molar refractivity (Wildman–Crippen MR) is 91.9 cm³/mol. The van der Waals surface area contributed by atoms with Gasteiger partial charge in [-0.2, -0.15) is 0 Å². The normalized spacial score (nSPS) is 21.2. The fraction of sp³-hybridized carbons (Fsp3) is 0.389. The molecule has 0 radical (unpaired) electrons. The summed E-state index contributed by atoms with van der Waals surface area (Å²) in [6, 6.07) is 7.59. The number of hydrogen-bond acceptors (Lipinski definition) is 4. The van der Waals surface area contributed by atoms with Crippen LogP contribution in [-0.4, -0.2) is 41.3 Å². The fourth-order valence-corrected chi connectivity index (χ4v) is 3.40. The van der Waals surface area contributed by atoms with Gasteiger partial charge in [-0.3, -0.25) is 9.59 Å². The first-order valence-corrected chi connectivity index (χ1v) is 8.64. The number of allylic oxidation sites excluding steroid dienone is 1. The van der Waals surface area contributed by atoms with Gasteiger partial charge in [0.15, 0.2) is 11.5 Å². The molecule has 6 nitrogen and oxygen atoms in total. The van der Waals surface area contributed by atoms with Crippen LogP contribution >= 0.6 is 11.6 Å². The Kier molecular flexibility index (Phi) is 4.00. The molecule has 0 aliphatic carbocycles. The quantitative estimate of drug-likeness (QED) is 0.813. The van der Waals surface area contributed by atoms with Gasteiger partial charge in [-0.25, -0.2) is 4.99 Å². The molecule has 1 aromatic rings. The largest absolute Gasteiger partial charge is 0.448 e. The number of piperidine rings is 1. The average molecular weight is 361 g/mol. The van der Waals surface area contributed by atoms with Gasteiger partial charge in [0.25, 0.3) is 11.7 Å². The van der Waals surface area contributed by atoms with E-state index >= 15 is 0 Å². The zero-order chi connectivity index (χ0) is 17.4. The topological polar surface area (TPSA) is 68.2 Å². The van der Waals surface area contributed by atoms with E-state index in [1.54, 1.807) is 11.0 Å². The number of benzene rings is 1. The molecule has 130 valence electrons. The number of hydrogen-bond donors (Lipinski definition) is 0. The molecular formula is C18H17ClN2O4. The highest BCUT2D eigenvalue weighted by Crippen LogP contribution is 2.43. The molecule has 7 heteroatoms. The number of nitrogens with zero attached hydrogens (tertiary/aromatic N) is 2. The van der Waals surface area contributed by atoms with E-state index in [2.05, 4.69) is 4.99 Å². The van der Waals surface area contributed by atoms with Gasteiger partial charge >= 0.3 is 0 Å². The number of amides is 2. The van der Waals surface area contributed by atoms with Crippen LogP contribution < -0.4 is 9.47 Å². The summed E-state index contributed by atoms with van der Waals surface area (Å²) in [5, 5.41) is 0.117. The van der Waals surface area contributed by atoms with Gasteiger partial charge in [-0.15, -0.1) is 0 Å². The van der Waals surface area contributed by atoms with Crippen LogP contribution in [0, 0.1) is 0 Å². The van der Waals surface area contributed by atoms with Gasteiger partial charge in [0.1, 0.15) is 5.03 Å². The lowest BCUT2D eigenvalue weighted by molar-refractivity contribution is -0.145. The van der Waals surface area contributed by atoms with Gasteiger partial charge in [-0.1, -0.05) is 29.8 Å². The van der Waals surface area contributed by atoms with Crippen LogP contribution in [0.2, 0.25) is 0 Å². The van der Waals surface area contributed by atoms with Crippen molar-refractivity contribution >= 4 is 29.1 Å². The maximum atomic E-state index is 12.5. The van der Waals surface area contributed by atoms with Crippen molar-refractivity contribution in [3.8, 4) is 11.5 Å². The number of fused-ring (bicyclic) bond motifs is 1. The molecule has 0 aromatic heterocycles. The van der Waals surface area contributed by atoms with E-state index in [4.69, 9.17) is 21.1 Å². The zero-order valence-electron chi connectivity index (χ0n) is 13.5. The third-order valence-electron chi connectivity index (χ3n) is 4.66. The van der Waals surface area contributed by atoms with E-state index < -0.39 is 11.7 Å². The lowest BCUT2D eigenvalue weighted by Crippen LogP contribution is -2.51. The summed E-state index contributed by atoms with van der Waals surface area (Å²) in [5.41, 5.74) is 0.556. The Labute approximate surface area is 150 Å². The summed E-state index contributed by atoms with van der Waals surface area (Å²) < 4.78 is 12.0. The predicted octanol–water partition coefficient (Wildman–Crippen LogP) is 2.66. The second-order valence-corrected chi connectivity index (χ2v) is 6.77. The standard InChI is InChI=1S/C18H17ClN2O4/c19-13-6-5-12(20-17(13)23)11-16(22)21-9-7-18(8-10-21)24-14-3-1-2-4-15(14)25-18/h1-4,6H,5,7-11H2. The Morgan fingerprint density at radius 2 is 1.84 bits per heavy atom. The number of aliphatic imine (C=N–C) groups is 1. The van der Waals surface area contributed by atoms with Crippen molar-refractivity contribution in [2.45, 2.75) is 31.5 Å². The van der Waals surface area contributed by atoms with Crippen LogP contribution in [-0.2, 0) is 9.59 Å². The fourth-order valence-electron chi connectivity index (χ4n) is 3.28. The molecule has 0 unspecified atom stereocenters. The second kappa shape index (κ2) is 6.19. The van der Waals surface area contributed by atoms with Gasteiger partial charge < -0.3 is 14.4 Å². The Morgan fingerprint density at radius 1 is 1.20 bits per heavy atom. The number of para-hydroxylation sites is 2. The lowest BCUT2D eigenvalue weighted by atomic mass is 10.0. The van der Waals surface area contributed by atoms with Gasteiger partial charge in [0.2, 0.25) is 5.91 Å². The van der Waals surface area contributed by atoms with Crippen LogP contribution in [0.15, 0.2) is 40.4 Å². The van der Waals surface area contributed by atoms with Crippen LogP contribution in [0.1, 0.15) is 25.7 Å². The van der Waals surface area contributed by atoms with Crippen LogP contribution in [0.25, 0.3) is 0 Å². The molecule has 0 atom stereocenters. The van der Waals surface area contributed by atoms with Crippen molar-refractivity contribution in [3.63, 3.8) is 0 Å². The average Bonchev–Trinajstić information content (AvgIpc) is 2.96. The Balaban J connectivity index is 1.34. The van der Waals surface area contributed by atoms with Crippen molar-refractivity contribution in [1.29, 1.82) is 0 Å². The van der Waals surface area contributed by atoms with Crippen molar-refractivity contribution in [2.24, 2.45) is 4.99 Å². The smallest absolute Gasteiger partial charge is 0.288 e. The first-order valence-electron chi connectivity index (χ1n) is 8.26. The number of rotatable bonds is 2. The molecule has 0 saturated carbocycles. The van der Waals surface area contributed by atoms with Crippen LogP contribution in [0.3, 0.4) is 0 Å². The maximum Gasteiger partial charge on any atom is 0.288 e.